The van der Waals surface area contributed by atoms with Crippen molar-refractivity contribution < 1.29 is 14.0 Å². The molecule has 138 valence electrons. The third-order valence-corrected chi connectivity index (χ3v) is 4.45. The van der Waals surface area contributed by atoms with Crippen molar-refractivity contribution in [2.45, 2.75) is 41.2 Å². The van der Waals surface area contributed by atoms with E-state index >= 15 is 0 Å². The van der Waals surface area contributed by atoms with Gasteiger partial charge >= 0.3 is 0 Å². The predicted molar refractivity (Wildman–Crippen MR) is 101 cm³/mol. The highest BCUT2D eigenvalue weighted by atomic mass is 19.1. The second-order valence-corrected chi connectivity index (χ2v) is 7.13. The van der Waals surface area contributed by atoms with Crippen LogP contribution >= 0.6 is 0 Å². The maximum atomic E-state index is 13.7. The minimum Gasteiger partial charge on any atom is -0.351 e. The normalized spacial score (nSPS) is 11.2. The summed E-state index contributed by atoms with van der Waals surface area (Å²) in [5, 5.41) is 5.51. The Morgan fingerprint density at radius 1 is 1.00 bits per heavy atom. The van der Waals surface area contributed by atoms with E-state index < -0.39 is 17.2 Å². The number of anilines is 1. The van der Waals surface area contributed by atoms with Crippen molar-refractivity contribution in [2.24, 2.45) is 5.41 Å². The number of nitrogens with one attached hydrogen (secondary N) is 2. The number of halogens is 1. The lowest BCUT2D eigenvalue weighted by molar-refractivity contribution is -0.138. The van der Waals surface area contributed by atoms with E-state index in [1.807, 2.05) is 32.9 Å². The molecule has 2 aromatic carbocycles. The van der Waals surface area contributed by atoms with Crippen molar-refractivity contribution in [1.29, 1.82) is 0 Å². The van der Waals surface area contributed by atoms with Crippen LogP contribution in [0, 0.1) is 32.0 Å². The van der Waals surface area contributed by atoms with E-state index in [4.69, 9.17) is 0 Å². The Kier molecular flexibility index (Phi) is 5.80. The standard InChI is InChI=1S/C21H25FN2O2/c1-13-10-14(2)18(15(3)11-13)24-20(26)21(4,5)19(25)23-12-16-8-6-7-9-17(16)22/h6-11H,12H2,1-5H3,(H,23,25)(H,24,26). The Hall–Kier alpha value is -2.69. The zero-order chi connectivity index (χ0) is 19.5. The van der Waals surface area contributed by atoms with Crippen LogP contribution in [0.3, 0.4) is 0 Å². The molecular formula is C21H25FN2O2. The molecule has 0 aliphatic heterocycles. The smallest absolute Gasteiger partial charge is 0.239 e. The fourth-order valence-corrected chi connectivity index (χ4v) is 2.79. The Balaban J connectivity index is 2.09. The Morgan fingerprint density at radius 3 is 2.15 bits per heavy atom. The van der Waals surface area contributed by atoms with Gasteiger partial charge in [0.15, 0.2) is 0 Å². The van der Waals surface area contributed by atoms with Gasteiger partial charge in [0.2, 0.25) is 11.8 Å². The molecule has 0 aliphatic rings. The first kappa shape index (κ1) is 19.6. The lowest BCUT2D eigenvalue weighted by Gasteiger charge is -2.24. The van der Waals surface area contributed by atoms with E-state index in [1.165, 1.54) is 6.07 Å². The summed E-state index contributed by atoms with van der Waals surface area (Å²) in [5.41, 5.74) is 2.80. The number of aryl methyl sites for hydroxylation is 3. The van der Waals surface area contributed by atoms with Crippen LogP contribution in [0.4, 0.5) is 10.1 Å². The molecule has 0 aliphatic carbocycles. The summed E-state index contributed by atoms with van der Waals surface area (Å²) in [6, 6.07) is 10.2. The summed E-state index contributed by atoms with van der Waals surface area (Å²) >= 11 is 0. The highest BCUT2D eigenvalue weighted by Crippen LogP contribution is 2.25. The van der Waals surface area contributed by atoms with Crippen LogP contribution in [0.25, 0.3) is 0 Å². The van der Waals surface area contributed by atoms with Crippen LogP contribution in [0.2, 0.25) is 0 Å². The van der Waals surface area contributed by atoms with Crippen LogP contribution in [0.15, 0.2) is 36.4 Å². The number of amides is 2. The van der Waals surface area contributed by atoms with Crippen LogP contribution in [0.5, 0.6) is 0 Å². The van der Waals surface area contributed by atoms with Crippen LogP contribution in [0.1, 0.15) is 36.1 Å². The maximum Gasteiger partial charge on any atom is 0.239 e. The van der Waals surface area contributed by atoms with Gasteiger partial charge in [-0.3, -0.25) is 9.59 Å². The molecule has 0 bridgehead atoms. The Bertz CT molecular complexity index is 821. The van der Waals surface area contributed by atoms with E-state index in [0.717, 1.165) is 22.4 Å². The Labute approximate surface area is 153 Å². The molecule has 0 saturated carbocycles. The molecule has 0 heterocycles. The summed E-state index contributed by atoms with van der Waals surface area (Å²) in [4.78, 5) is 25.2. The topological polar surface area (TPSA) is 58.2 Å². The second-order valence-electron chi connectivity index (χ2n) is 7.13. The SMILES string of the molecule is Cc1cc(C)c(NC(=O)C(C)(C)C(=O)NCc2ccccc2F)c(C)c1. The number of rotatable bonds is 5. The van der Waals surface area contributed by atoms with E-state index in [2.05, 4.69) is 10.6 Å². The first-order chi connectivity index (χ1) is 12.1. The molecule has 2 N–H and O–H groups in total. The van der Waals surface area contributed by atoms with Gasteiger partial charge in [-0.05, 0) is 51.8 Å². The first-order valence-corrected chi connectivity index (χ1v) is 8.54. The summed E-state index contributed by atoms with van der Waals surface area (Å²) in [5.74, 6) is -1.25. The Morgan fingerprint density at radius 2 is 1.58 bits per heavy atom. The van der Waals surface area contributed by atoms with Crippen molar-refractivity contribution in [3.63, 3.8) is 0 Å². The number of hydrogen-bond donors (Lipinski definition) is 2. The average molecular weight is 356 g/mol. The molecule has 0 atom stereocenters. The van der Waals surface area contributed by atoms with Crippen molar-refractivity contribution in [3.8, 4) is 0 Å². The largest absolute Gasteiger partial charge is 0.351 e. The molecule has 2 amide bonds. The molecule has 0 aromatic heterocycles. The van der Waals surface area contributed by atoms with E-state index in [1.54, 1.807) is 32.0 Å². The second kappa shape index (κ2) is 7.68. The molecule has 0 saturated heterocycles. The van der Waals surface area contributed by atoms with E-state index in [0.29, 0.717) is 5.56 Å². The minimum absolute atomic E-state index is 0.0325. The van der Waals surface area contributed by atoms with E-state index in [9.17, 15) is 14.0 Å². The van der Waals surface area contributed by atoms with Crippen LogP contribution < -0.4 is 10.6 Å². The fraction of sp³-hybridized carbons (Fsp3) is 0.333. The van der Waals surface area contributed by atoms with E-state index in [-0.39, 0.29) is 12.4 Å². The molecule has 0 fully saturated rings. The number of carbonyl (C=O) groups is 2. The average Bonchev–Trinajstić information content (AvgIpc) is 2.56. The lowest BCUT2D eigenvalue weighted by Crippen LogP contribution is -2.45. The van der Waals surface area contributed by atoms with Gasteiger partial charge < -0.3 is 10.6 Å². The molecule has 0 spiro atoms. The van der Waals surface area contributed by atoms with Crippen molar-refractivity contribution >= 4 is 17.5 Å². The van der Waals surface area contributed by atoms with Gasteiger partial charge in [-0.2, -0.15) is 0 Å². The third kappa shape index (κ3) is 4.28. The van der Waals surface area contributed by atoms with Crippen molar-refractivity contribution in [1.82, 2.24) is 5.32 Å². The summed E-state index contributed by atoms with van der Waals surface area (Å²) < 4.78 is 13.7. The van der Waals surface area contributed by atoms with Crippen molar-refractivity contribution in [3.05, 3.63) is 64.5 Å². The molecule has 5 heteroatoms. The van der Waals surface area contributed by atoms with Gasteiger partial charge in [0, 0.05) is 17.8 Å². The predicted octanol–water partition coefficient (Wildman–Crippen LogP) is 4.03. The summed E-state index contributed by atoms with van der Waals surface area (Å²) in [6.45, 7) is 8.97. The van der Waals surface area contributed by atoms with Crippen LogP contribution in [-0.2, 0) is 16.1 Å². The zero-order valence-electron chi connectivity index (χ0n) is 15.9. The number of carbonyl (C=O) groups excluding carboxylic acids is 2. The van der Waals surface area contributed by atoms with Gasteiger partial charge in [0.05, 0.1) is 0 Å². The number of hydrogen-bond acceptors (Lipinski definition) is 2. The monoisotopic (exact) mass is 356 g/mol. The lowest BCUT2D eigenvalue weighted by atomic mass is 9.90. The maximum absolute atomic E-state index is 13.7. The minimum atomic E-state index is -1.30. The summed E-state index contributed by atoms with van der Waals surface area (Å²) in [6.07, 6.45) is 0. The zero-order valence-corrected chi connectivity index (χ0v) is 15.9. The third-order valence-electron chi connectivity index (χ3n) is 4.45. The highest BCUT2D eigenvalue weighted by Gasteiger charge is 2.36. The molecule has 2 aromatic rings. The molecular weight excluding hydrogens is 331 g/mol. The number of benzene rings is 2. The van der Waals surface area contributed by atoms with Gasteiger partial charge in [0.1, 0.15) is 11.2 Å². The molecule has 26 heavy (non-hydrogen) atoms. The van der Waals surface area contributed by atoms with Gasteiger partial charge in [-0.25, -0.2) is 4.39 Å². The highest BCUT2D eigenvalue weighted by molar-refractivity contribution is 6.10. The molecule has 4 nitrogen and oxygen atoms in total. The molecule has 2 rings (SSSR count). The summed E-state index contributed by atoms with van der Waals surface area (Å²) in [7, 11) is 0. The van der Waals surface area contributed by atoms with Gasteiger partial charge in [-0.1, -0.05) is 35.9 Å². The van der Waals surface area contributed by atoms with Crippen LogP contribution in [-0.4, -0.2) is 11.8 Å². The van der Waals surface area contributed by atoms with Gasteiger partial charge in [0.25, 0.3) is 0 Å². The molecule has 0 radical (unpaired) electrons. The van der Waals surface area contributed by atoms with Gasteiger partial charge in [-0.15, -0.1) is 0 Å². The fourth-order valence-electron chi connectivity index (χ4n) is 2.79. The van der Waals surface area contributed by atoms with Crippen molar-refractivity contribution in [2.75, 3.05) is 5.32 Å². The quantitative estimate of drug-likeness (QED) is 0.795. The first-order valence-electron chi connectivity index (χ1n) is 8.54. The molecule has 0 unspecified atom stereocenters.